The minimum Gasteiger partial charge on any atom is -0.468 e. The van der Waals surface area contributed by atoms with Gasteiger partial charge in [0.15, 0.2) is 0 Å². The number of hydrogen-bond donors (Lipinski definition) is 0. The summed E-state index contributed by atoms with van der Waals surface area (Å²) in [7, 11) is -2.12. The number of nitrogens with zero attached hydrogens (tertiary/aromatic N) is 3. The summed E-state index contributed by atoms with van der Waals surface area (Å²) in [6.07, 6.45) is 1.54. The molecule has 1 aromatic carbocycles. The van der Waals surface area contributed by atoms with Crippen molar-refractivity contribution in [3.8, 4) is 0 Å². The van der Waals surface area contributed by atoms with Crippen molar-refractivity contribution in [3.05, 3.63) is 70.4 Å². The van der Waals surface area contributed by atoms with E-state index in [1.54, 1.807) is 37.7 Å². The molecule has 0 aliphatic rings. The molecule has 3 aromatic rings. The summed E-state index contributed by atoms with van der Waals surface area (Å²) in [5, 5.41) is 4.50. The van der Waals surface area contributed by atoms with Crippen molar-refractivity contribution < 1.29 is 12.8 Å². The number of aromatic nitrogens is 2. The summed E-state index contributed by atoms with van der Waals surface area (Å²) < 4.78 is 34.5. The van der Waals surface area contributed by atoms with Crippen LogP contribution in [0.5, 0.6) is 0 Å². The monoisotopic (exact) mass is 387 g/mol. The first-order valence-corrected chi connectivity index (χ1v) is 10.2. The molecule has 0 saturated carbocycles. The third-order valence-electron chi connectivity index (χ3n) is 4.56. The summed E-state index contributed by atoms with van der Waals surface area (Å²) in [6, 6.07) is 9.81. The molecule has 0 amide bonds. The van der Waals surface area contributed by atoms with Crippen LogP contribution < -0.4 is 0 Å². The van der Waals surface area contributed by atoms with Crippen LogP contribution in [0.15, 0.2) is 45.9 Å². The lowest BCUT2D eigenvalue weighted by atomic mass is 10.1. The Morgan fingerprint density at radius 1 is 1.11 bits per heavy atom. The Kier molecular flexibility index (Phi) is 5.26. The van der Waals surface area contributed by atoms with Crippen LogP contribution >= 0.6 is 0 Å². The topological polar surface area (TPSA) is 68.3 Å². The largest absolute Gasteiger partial charge is 0.468 e. The highest BCUT2D eigenvalue weighted by atomic mass is 32.2. The van der Waals surface area contributed by atoms with Gasteiger partial charge in [-0.3, -0.25) is 4.68 Å². The molecule has 2 aromatic heterocycles. The minimum atomic E-state index is -3.67. The van der Waals surface area contributed by atoms with Gasteiger partial charge in [-0.05, 0) is 45.4 Å². The summed E-state index contributed by atoms with van der Waals surface area (Å²) in [6.45, 7) is 8.35. The van der Waals surface area contributed by atoms with Gasteiger partial charge in [-0.1, -0.05) is 29.3 Å². The molecule has 0 aliphatic heterocycles. The van der Waals surface area contributed by atoms with E-state index >= 15 is 0 Å². The van der Waals surface area contributed by atoms with Crippen LogP contribution in [-0.4, -0.2) is 29.6 Å². The predicted octanol–water partition coefficient (Wildman–Crippen LogP) is 3.58. The van der Waals surface area contributed by atoms with Crippen molar-refractivity contribution in [2.45, 2.75) is 45.7 Å². The fourth-order valence-corrected chi connectivity index (χ4v) is 4.91. The zero-order chi connectivity index (χ0) is 19.8. The number of benzene rings is 1. The second-order valence-electron chi connectivity index (χ2n) is 6.99. The highest BCUT2D eigenvalue weighted by Gasteiger charge is 2.29. The van der Waals surface area contributed by atoms with Crippen molar-refractivity contribution in [2.75, 3.05) is 7.05 Å². The molecule has 0 aliphatic carbocycles. The van der Waals surface area contributed by atoms with Crippen LogP contribution in [0.1, 0.15) is 33.8 Å². The molecule has 7 heteroatoms. The lowest BCUT2D eigenvalue weighted by Gasteiger charge is -2.16. The van der Waals surface area contributed by atoms with E-state index in [2.05, 4.69) is 37.1 Å². The number of furan rings is 1. The number of aryl methyl sites for hydroxylation is 3. The van der Waals surface area contributed by atoms with Gasteiger partial charge in [0.05, 0.1) is 30.7 Å². The Bertz CT molecular complexity index is 1030. The van der Waals surface area contributed by atoms with Gasteiger partial charge in [-0.25, -0.2) is 8.42 Å². The first-order chi connectivity index (χ1) is 12.7. The molecule has 144 valence electrons. The van der Waals surface area contributed by atoms with Crippen molar-refractivity contribution in [1.29, 1.82) is 0 Å². The highest BCUT2D eigenvalue weighted by Crippen LogP contribution is 2.25. The summed E-state index contributed by atoms with van der Waals surface area (Å²) in [5.74, 6) is 0.596. The molecule has 3 rings (SSSR count). The lowest BCUT2D eigenvalue weighted by molar-refractivity contribution is 0.406. The van der Waals surface area contributed by atoms with E-state index in [1.807, 2.05) is 0 Å². The fourth-order valence-electron chi connectivity index (χ4n) is 3.40. The standard InChI is InChI=1S/C20H25N3O3S/c1-14-9-15(2)11-18(10-14)12-23-17(4)20(16(3)21-23)27(24,25)22(5)13-19-7-6-8-26-19/h6-11H,12-13H2,1-5H3. The Balaban J connectivity index is 1.92. The van der Waals surface area contributed by atoms with Crippen molar-refractivity contribution in [1.82, 2.24) is 14.1 Å². The Hall–Kier alpha value is -2.38. The lowest BCUT2D eigenvalue weighted by Crippen LogP contribution is -2.27. The first-order valence-electron chi connectivity index (χ1n) is 8.78. The summed E-state index contributed by atoms with van der Waals surface area (Å²) >= 11 is 0. The predicted molar refractivity (Wildman–Crippen MR) is 104 cm³/mol. The molecule has 0 unspecified atom stereocenters. The van der Waals surface area contributed by atoms with Gasteiger partial charge < -0.3 is 4.42 Å². The van der Waals surface area contributed by atoms with Gasteiger partial charge in [0, 0.05) is 7.05 Å². The van der Waals surface area contributed by atoms with Crippen LogP contribution in [0.2, 0.25) is 0 Å². The molecular weight excluding hydrogens is 362 g/mol. The van der Waals surface area contributed by atoms with Crippen molar-refractivity contribution >= 4 is 10.0 Å². The third kappa shape index (κ3) is 3.99. The molecular formula is C20H25N3O3S. The van der Waals surface area contributed by atoms with Crippen LogP contribution in [0.3, 0.4) is 0 Å². The molecule has 0 spiro atoms. The van der Waals surface area contributed by atoms with E-state index in [4.69, 9.17) is 4.42 Å². The van der Waals surface area contributed by atoms with E-state index in [-0.39, 0.29) is 11.4 Å². The quantitative estimate of drug-likeness (QED) is 0.648. The number of hydrogen-bond acceptors (Lipinski definition) is 4. The van der Waals surface area contributed by atoms with Gasteiger partial charge in [0.2, 0.25) is 10.0 Å². The Morgan fingerprint density at radius 3 is 2.37 bits per heavy atom. The maximum Gasteiger partial charge on any atom is 0.246 e. The number of rotatable bonds is 6. The Morgan fingerprint density at radius 2 is 1.78 bits per heavy atom. The van der Waals surface area contributed by atoms with E-state index in [0.29, 0.717) is 23.7 Å². The van der Waals surface area contributed by atoms with Gasteiger partial charge in [0.25, 0.3) is 0 Å². The molecule has 6 nitrogen and oxygen atoms in total. The first kappa shape index (κ1) is 19.4. The van der Waals surface area contributed by atoms with Crippen molar-refractivity contribution in [3.63, 3.8) is 0 Å². The Labute approximate surface area is 160 Å². The zero-order valence-electron chi connectivity index (χ0n) is 16.4. The number of sulfonamides is 1. The molecule has 0 bridgehead atoms. The maximum atomic E-state index is 13.1. The summed E-state index contributed by atoms with van der Waals surface area (Å²) in [5.41, 5.74) is 4.60. The molecule has 0 fully saturated rings. The van der Waals surface area contributed by atoms with Crippen LogP contribution in [0, 0.1) is 27.7 Å². The van der Waals surface area contributed by atoms with Crippen LogP contribution in [0.25, 0.3) is 0 Å². The average Bonchev–Trinajstić information content (AvgIpc) is 3.15. The molecule has 0 radical (unpaired) electrons. The summed E-state index contributed by atoms with van der Waals surface area (Å²) in [4.78, 5) is 0.265. The fraction of sp³-hybridized carbons (Fsp3) is 0.350. The van der Waals surface area contributed by atoms with E-state index in [9.17, 15) is 8.42 Å². The van der Waals surface area contributed by atoms with Gasteiger partial charge in [-0.15, -0.1) is 0 Å². The van der Waals surface area contributed by atoms with Gasteiger partial charge in [-0.2, -0.15) is 9.40 Å². The van der Waals surface area contributed by atoms with Crippen LogP contribution in [-0.2, 0) is 23.1 Å². The maximum absolute atomic E-state index is 13.1. The van der Waals surface area contributed by atoms with Crippen LogP contribution in [0.4, 0.5) is 0 Å². The van der Waals surface area contributed by atoms with E-state index < -0.39 is 10.0 Å². The second-order valence-corrected chi connectivity index (χ2v) is 8.98. The normalized spacial score (nSPS) is 12.1. The zero-order valence-corrected chi connectivity index (χ0v) is 17.2. The highest BCUT2D eigenvalue weighted by molar-refractivity contribution is 7.89. The SMILES string of the molecule is Cc1cc(C)cc(Cn2nc(C)c(S(=O)(=O)N(C)Cc3ccco3)c2C)c1. The molecule has 0 atom stereocenters. The molecule has 2 heterocycles. The average molecular weight is 388 g/mol. The van der Waals surface area contributed by atoms with E-state index in [0.717, 1.165) is 5.56 Å². The molecule has 0 N–H and O–H groups in total. The van der Waals surface area contributed by atoms with Gasteiger partial charge >= 0.3 is 0 Å². The van der Waals surface area contributed by atoms with E-state index in [1.165, 1.54) is 21.7 Å². The smallest absolute Gasteiger partial charge is 0.246 e. The second kappa shape index (κ2) is 7.32. The third-order valence-corrected chi connectivity index (χ3v) is 6.61. The molecule has 0 saturated heterocycles. The van der Waals surface area contributed by atoms with Gasteiger partial charge in [0.1, 0.15) is 10.7 Å². The van der Waals surface area contributed by atoms with Crippen molar-refractivity contribution in [2.24, 2.45) is 0 Å². The minimum absolute atomic E-state index is 0.177. The molecule has 27 heavy (non-hydrogen) atoms.